The number of primary amides is 1. The SMILES string of the molecule is NC(=O)c1cccc(CNC(=O)CCCOc2cccc(Cl)c2Cl)c1. The van der Waals surface area contributed by atoms with E-state index in [4.69, 9.17) is 33.7 Å². The highest BCUT2D eigenvalue weighted by atomic mass is 35.5. The van der Waals surface area contributed by atoms with Crippen molar-refractivity contribution < 1.29 is 14.3 Å². The molecule has 0 atom stereocenters. The molecule has 2 aromatic carbocycles. The van der Waals surface area contributed by atoms with Crippen molar-refractivity contribution >= 4 is 35.0 Å². The lowest BCUT2D eigenvalue weighted by Gasteiger charge is -2.09. The van der Waals surface area contributed by atoms with Crippen molar-refractivity contribution in [2.45, 2.75) is 19.4 Å². The van der Waals surface area contributed by atoms with Crippen LogP contribution in [0, 0.1) is 0 Å². The number of rotatable bonds is 8. The van der Waals surface area contributed by atoms with Crippen LogP contribution in [0.4, 0.5) is 0 Å². The molecule has 3 N–H and O–H groups in total. The molecular formula is C18H18Cl2N2O3. The average molecular weight is 381 g/mol. The van der Waals surface area contributed by atoms with Gasteiger partial charge in [0, 0.05) is 18.5 Å². The van der Waals surface area contributed by atoms with Crippen molar-refractivity contribution in [3.63, 3.8) is 0 Å². The highest BCUT2D eigenvalue weighted by molar-refractivity contribution is 6.42. The predicted molar refractivity (Wildman–Crippen MR) is 98.0 cm³/mol. The normalized spacial score (nSPS) is 10.3. The summed E-state index contributed by atoms with van der Waals surface area (Å²) in [6.07, 6.45) is 0.851. The van der Waals surface area contributed by atoms with E-state index in [1.54, 1.807) is 36.4 Å². The highest BCUT2D eigenvalue weighted by Crippen LogP contribution is 2.31. The number of nitrogens with one attached hydrogen (secondary N) is 1. The van der Waals surface area contributed by atoms with Crippen molar-refractivity contribution in [1.82, 2.24) is 5.32 Å². The minimum Gasteiger partial charge on any atom is -0.492 e. The molecule has 0 fully saturated rings. The van der Waals surface area contributed by atoms with Crippen molar-refractivity contribution in [2.75, 3.05) is 6.61 Å². The number of benzene rings is 2. The fourth-order valence-corrected chi connectivity index (χ4v) is 2.48. The van der Waals surface area contributed by atoms with Crippen LogP contribution in [-0.2, 0) is 11.3 Å². The smallest absolute Gasteiger partial charge is 0.248 e. The lowest BCUT2D eigenvalue weighted by molar-refractivity contribution is -0.121. The molecule has 0 radical (unpaired) electrons. The monoisotopic (exact) mass is 380 g/mol. The molecule has 0 bridgehead atoms. The van der Waals surface area contributed by atoms with E-state index in [0.29, 0.717) is 47.4 Å². The van der Waals surface area contributed by atoms with Gasteiger partial charge in [-0.05, 0) is 36.2 Å². The Morgan fingerprint density at radius 2 is 1.88 bits per heavy atom. The maximum absolute atomic E-state index is 11.9. The van der Waals surface area contributed by atoms with Crippen LogP contribution in [-0.4, -0.2) is 18.4 Å². The summed E-state index contributed by atoms with van der Waals surface area (Å²) in [6, 6.07) is 12.0. The van der Waals surface area contributed by atoms with Crippen LogP contribution in [0.15, 0.2) is 42.5 Å². The lowest BCUT2D eigenvalue weighted by atomic mass is 10.1. The van der Waals surface area contributed by atoms with Crippen LogP contribution >= 0.6 is 23.2 Å². The Morgan fingerprint density at radius 1 is 1.12 bits per heavy atom. The summed E-state index contributed by atoms with van der Waals surface area (Å²) in [5.74, 6) is -0.104. The molecule has 2 aromatic rings. The molecule has 0 heterocycles. The Bertz CT molecular complexity index is 766. The van der Waals surface area contributed by atoms with Gasteiger partial charge in [0.15, 0.2) is 0 Å². The molecule has 0 spiro atoms. The number of nitrogens with two attached hydrogens (primary N) is 1. The Labute approximate surface area is 156 Å². The first-order chi connectivity index (χ1) is 12.0. The summed E-state index contributed by atoms with van der Waals surface area (Å²) >= 11 is 11.9. The summed E-state index contributed by atoms with van der Waals surface area (Å²) in [4.78, 5) is 23.0. The van der Waals surface area contributed by atoms with E-state index in [1.165, 1.54) is 0 Å². The first-order valence-electron chi connectivity index (χ1n) is 7.69. The van der Waals surface area contributed by atoms with E-state index in [0.717, 1.165) is 5.56 Å². The molecule has 0 aliphatic rings. The molecule has 0 aromatic heterocycles. The molecule has 0 aliphatic carbocycles. The zero-order valence-electron chi connectivity index (χ0n) is 13.4. The molecule has 25 heavy (non-hydrogen) atoms. The fraction of sp³-hybridized carbons (Fsp3) is 0.222. The summed E-state index contributed by atoms with van der Waals surface area (Å²) in [5, 5.41) is 3.58. The number of hydrogen-bond donors (Lipinski definition) is 2. The Morgan fingerprint density at radius 3 is 2.64 bits per heavy atom. The van der Waals surface area contributed by atoms with Gasteiger partial charge in [0.1, 0.15) is 10.8 Å². The number of hydrogen-bond acceptors (Lipinski definition) is 3. The summed E-state index contributed by atoms with van der Waals surface area (Å²) in [7, 11) is 0. The second-order valence-electron chi connectivity index (χ2n) is 5.35. The summed E-state index contributed by atoms with van der Waals surface area (Å²) in [5.41, 5.74) is 6.46. The van der Waals surface area contributed by atoms with Gasteiger partial charge in [-0.2, -0.15) is 0 Å². The maximum Gasteiger partial charge on any atom is 0.248 e. The van der Waals surface area contributed by atoms with Gasteiger partial charge >= 0.3 is 0 Å². The number of amides is 2. The number of halogens is 2. The van der Waals surface area contributed by atoms with Gasteiger partial charge in [0.25, 0.3) is 0 Å². The lowest BCUT2D eigenvalue weighted by Crippen LogP contribution is -2.23. The second-order valence-corrected chi connectivity index (χ2v) is 6.13. The first kappa shape index (κ1) is 19.1. The molecule has 0 aliphatic heterocycles. The minimum atomic E-state index is -0.495. The van der Waals surface area contributed by atoms with Gasteiger partial charge in [0.05, 0.1) is 11.6 Å². The van der Waals surface area contributed by atoms with Crippen LogP contribution in [0.2, 0.25) is 10.0 Å². The fourth-order valence-electron chi connectivity index (χ4n) is 2.13. The van der Waals surface area contributed by atoms with Gasteiger partial charge in [-0.15, -0.1) is 0 Å². The van der Waals surface area contributed by atoms with Gasteiger partial charge in [-0.25, -0.2) is 0 Å². The van der Waals surface area contributed by atoms with E-state index in [1.807, 2.05) is 6.07 Å². The van der Waals surface area contributed by atoms with E-state index >= 15 is 0 Å². The molecule has 0 unspecified atom stereocenters. The van der Waals surface area contributed by atoms with E-state index in [9.17, 15) is 9.59 Å². The number of carbonyl (C=O) groups excluding carboxylic acids is 2. The quantitative estimate of drug-likeness (QED) is 0.686. The zero-order valence-corrected chi connectivity index (χ0v) is 14.9. The Kier molecular flexibility index (Phi) is 7.10. The topological polar surface area (TPSA) is 81.4 Å². The van der Waals surface area contributed by atoms with E-state index in [2.05, 4.69) is 5.32 Å². The van der Waals surface area contributed by atoms with Gasteiger partial charge in [-0.1, -0.05) is 41.4 Å². The Balaban J connectivity index is 1.71. The second kappa shape index (κ2) is 9.30. The molecule has 5 nitrogen and oxygen atoms in total. The third kappa shape index (κ3) is 5.96. The van der Waals surface area contributed by atoms with Crippen LogP contribution < -0.4 is 15.8 Å². The van der Waals surface area contributed by atoms with Crippen molar-refractivity contribution in [3.05, 3.63) is 63.6 Å². The largest absolute Gasteiger partial charge is 0.492 e. The van der Waals surface area contributed by atoms with Gasteiger partial charge in [-0.3, -0.25) is 9.59 Å². The van der Waals surface area contributed by atoms with E-state index < -0.39 is 5.91 Å². The maximum atomic E-state index is 11.9. The average Bonchev–Trinajstić information content (AvgIpc) is 2.60. The van der Waals surface area contributed by atoms with Crippen LogP contribution in [0.1, 0.15) is 28.8 Å². The minimum absolute atomic E-state index is 0.106. The molecule has 2 rings (SSSR count). The molecule has 0 saturated carbocycles. The highest BCUT2D eigenvalue weighted by Gasteiger charge is 2.07. The third-order valence-electron chi connectivity index (χ3n) is 3.42. The van der Waals surface area contributed by atoms with Crippen molar-refractivity contribution in [3.8, 4) is 5.75 Å². The van der Waals surface area contributed by atoms with Crippen LogP contribution in [0.5, 0.6) is 5.75 Å². The molecular weight excluding hydrogens is 363 g/mol. The van der Waals surface area contributed by atoms with Gasteiger partial charge in [0.2, 0.25) is 11.8 Å². The predicted octanol–water partition coefficient (Wildman–Crippen LogP) is 3.57. The standard InChI is InChI=1S/C18H18Cl2N2O3/c19-14-6-2-7-15(17(14)20)25-9-3-8-16(23)22-11-12-4-1-5-13(10-12)18(21)24/h1-2,4-7,10H,3,8-9,11H2,(H2,21,24)(H,22,23). The van der Waals surface area contributed by atoms with E-state index in [-0.39, 0.29) is 5.91 Å². The molecule has 0 saturated heterocycles. The van der Waals surface area contributed by atoms with Crippen LogP contribution in [0.25, 0.3) is 0 Å². The summed E-state index contributed by atoms with van der Waals surface area (Å²) < 4.78 is 5.53. The van der Waals surface area contributed by atoms with Gasteiger partial charge < -0.3 is 15.8 Å². The summed E-state index contributed by atoms with van der Waals surface area (Å²) in [6.45, 7) is 0.686. The molecule has 7 heteroatoms. The third-order valence-corrected chi connectivity index (χ3v) is 4.22. The number of ether oxygens (including phenoxy) is 1. The van der Waals surface area contributed by atoms with Crippen LogP contribution in [0.3, 0.4) is 0 Å². The number of carbonyl (C=O) groups is 2. The first-order valence-corrected chi connectivity index (χ1v) is 8.45. The zero-order chi connectivity index (χ0) is 18.2. The van der Waals surface area contributed by atoms with Crippen molar-refractivity contribution in [2.24, 2.45) is 5.73 Å². The molecule has 2 amide bonds. The van der Waals surface area contributed by atoms with Crippen molar-refractivity contribution in [1.29, 1.82) is 0 Å². The Hall–Kier alpha value is -2.24. The molecule has 132 valence electrons.